The molecule has 0 aromatic heterocycles. The van der Waals surface area contributed by atoms with Crippen molar-refractivity contribution in [2.45, 2.75) is 6.04 Å². The minimum absolute atomic E-state index is 0.204. The van der Waals surface area contributed by atoms with Crippen LogP contribution in [0.25, 0.3) is 0 Å². The van der Waals surface area contributed by atoms with Crippen LogP contribution in [0.5, 0.6) is 0 Å². The molecule has 0 spiro atoms. The molecule has 1 aliphatic rings. The Morgan fingerprint density at radius 3 is 1.53 bits per heavy atom. The smallest absolute Gasteiger partial charge is 0.432 e. The van der Waals surface area contributed by atoms with Gasteiger partial charge in [-0.05, 0) is 17.7 Å². The third-order valence-electron chi connectivity index (χ3n) is 5.55. The number of nitrogens with zero attached hydrogens (tertiary/aromatic N) is 1. The monoisotopic (exact) mass is 407 g/mol. The highest BCUT2D eigenvalue weighted by molar-refractivity contribution is 7.02. The summed E-state index contributed by atoms with van der Waals surface area (Å²) < 4.78 is 8.73. The van der Waals surface area contributed by atoms with E-state index in [4.69, 9.17) is 4.43 Å². The molecule has 4 heteroatoms. The van der Waals surface area contributed by atoms with Crippen molar-refractivity contribution in [2.75, 3.05) is 4.57 Å². The van der Waals surface area contributed by atoms with Crippen molar-refractivity contribution >= 4 is 30.5 Å². The molecule has 0 aliphatic carbocycles. The van der Waals surface area contributed by atoms with Crippen LogP contribution in [0, 0.1) is 0 Å². The molecule has 5 rings (SSSR count). The predicted molar refractivity (Wildman–Crippen MR) is 122 cm³/mol. The highest BCUT2D eigenvalue weighted by Gasteiger charge is 2.60. The molecular formula is C26H21NO2Si. The molecule has 1 aliphatic heterocycles. The molecule has 4 aromatic rings. The number of hydrogen-bond acceptors (Lipinski definition) is 3. The van der Waals surface area contributed by atoms with Crippen molar-refractivity contribution in [3.05, 3.63) is 127 Å². The van der Waals surface area contributed by atoms with E-state index < -0.39 is 14.5 Å². The number of carbonyl (C=O) groups excluding carboxylic acids is 1. The van der Waals surface area contributed by atoms with Crippen LogP contribution in [0.2, 0.25) is 0 Å². The predicted octanol–water partition coefficient (Wildman–Crippen LogP) is 4.05. The molecule has 0 N–H and O–H groups in total. The molecule has 1 saturated heterocycles. The SMILES string of the molecule is O=C1O[Si](c2ccccc2)(c2ccccc2)N(c2ccccc2)C1c1ccccc1. The van der Waals surface area contributed by atoms with Crippen molar-refractivity contribution in [3.63, 3.8) is 0 Å². The Labute approximate surface area is 177 Å². The largest absolute Gasteiger partial charge is 0.490 e. The van der Waals surface area contributed by atoms with E-state index in [1.165, 1.54) is 0 Å². The molecule has 1 heterocycles. The van der Waals surface area contributed by atoms with E-state index in [1.807, 2.05) is 84.9 Å². The molecule has 30 heavy (non-hydrogen) atoms. The van der Waals surface area contributed by atoms with Gasteiger partial charge in [-0.25, -0.2) is 0 Å². The van der Waals surface area contributed by atoms with Crippen LogP contribution in [0.15, 0.2) is 121 Å². The summed E-state index contributed by atoms with van der Waals surface area (Å²) in [6.45, 7) is 0. The molecule has 0 bridgehead atoms. The van der Waals surface area contributed by atoms with Gasteiger partial charge in [0.1, 0.15) is 6.04 Å². The van der Waals surface area contributed by atoms with Crippen molar-refractivity contribution in [1.29, 1.82) is 0 Å². The first-order valence-electron chi connectivity index (χ1n) is 10.0. The third kappa shape index (κ3) is 2.93. The van der Waals surface area contributed by atoms with Crippen molar-refractivity contribution in [1.82, 2.24) is 0 Å². The average molecular weight is 408 g/mol. The highest BCUT2D eigenvalue weighted by Crippen LogP contribution is 2.39. The molecule has 1 atom stereocenters. The van der Waals surface area contributed by atoms with E-state index in [2.05, 4.69) is 41.0 Å². The van der Waals surface area contributed by atoms with Gasteiger partial charge in [0.2, 0.25) is 0 Å². The Morgan fingerprint density at radius 2 is 1.03 bits per heavy atom. The Kier molecular flexibility index (Phi) is 4.69. The fourth-order valence-electron chi connectivity index (χ4n) is 4.27. The minimum Gasteiger partial charge on any atom is -0.490 e. The molecule has 4 aromatic carbocycles. The highest BCUT2D eigenvalue weighted by atomic mass is 28.4. The van der Waals surface area contributed by atoms with E-state index in [-0.39, 0.29) is 5.97 Å². The maximum absolute atomic E-state index is 13.5. The van der Waals surface area contributed by atoms with Crippen molar-refractivity contribution < 1.29 is 9.22 Å². The number of hydrogen-bond donors (Lipinski definition) is 0. The molecule has 146 valence electrons. The van der Waals surface area contributed by atoms with Gasteiger partial charge >= 0.3 is 14.4 Å². The second-order valence-corrected chi connectivity index (χ2v) is 10.4. The van der Waals surface area contributed by atoms with Crippen LogP contribution in [-0.2, 0) is 9.22 Å². The van der Waals surface area contributed by atoms with Crippen molar-refractivity contribution in [3.8, 4) is 0 Å². The zero-order chi connectivity index (χ0) is 20.4. The quantitative estimate of drug-likeness (QED) is 0.478. The minimum atomic E-state index is -3.08. The molecular weight excluding hydrogens is 386 g/mol. The van der Waals surface area contributed by atoms with Gasteiger partial charge in [-0.2, -0.15) is 0 Å². The number of anilines is 1. The van der Waals surface area contributed by atoms with Gasteiger partial charge in [0.15, 0.2) is 0 Å². The summed E-state index contributed by atoms with van der Waals surface area (Å²) in [5.74, 6) is -0.204. The van der Waals surface area contributed by atoms with Crippen LogP contribution in [0.4, 0.5) is 5.69 Å². The summed E-state index contributed by atoms with van der Waals surface area (Å²) in [5, 5.41) is 2.10. The second kappa shape index (κ2) is 7.65. The lowest BCUT2D eigenvalue weighted by molar-refractivity contribution is -0.134. The average Bonchev–Trinajstić information content (AvgIpc) is 3.15. The van der Waals surface area contributed by atoms with Gasteiger partial charge in [-0.15, -0.1) is 0 Å². The van der Waals surface area contributed by atoms with Crippen LogP contribution in [0.1, 0.15) is 11.6 Å². The molecule has 0 amide bonds. The first-order valence-corrected chi connectivity index (χ1v) is 11.9. The summed E-state index contributed by atoms with van der Waals surface area (Å²) in [6, 6.07) is 39.9. The fourth-order valence-corrected chi connectivity index (χ4v) is 8.31. The number of para-hydroxylation sites is 1. The van der Waals surface area contributed by atoms with E-state index in [9.17, 15) is 4.79 Å². The summed E-state index contributed by atoms with van der Waals surface area (Å²) in [5.41, 5.74) is 1.92. The van der Waals surface area contributed by atoms with Gasteiger partial charge in [0, 0.05) is 16.1 Å². The maximum Gasteiger partial charge on any atom is 0.432 e. The van der Waals surface area contributed by atoms with Gasteiger partial charge in [0.05, 0.1) is 0 Å². The molecule has 1 unspecified atom stereocenters. The van der Waals surface area contributed by atoms with Crippen LogP contribution in [-0.4, -0.2) is 14.4 Å². The first kappa shape index (κ1) is 18.4. The molecule has 0 saturated carbocycles. The zero-order valence-electron chi connectivity index (χ0n) is 16.4. The second-order valence-electron chi connectivity index (χ2n) is 7.32. The van der Waals surface area contributed by atoms with Crippen molar-refractivity contribution in [2.24, 2.45) is 0 Å². The molecule has 0 radical (unpaired) electrons. The lowest BCUT2D eigenvalue weighted by Crippen LogP contribution is -2.69. The van der Waals surface area contributed by atoms with E-state index in [0.717, 1.165) is 21.6 Å². The van der Waals surface area contributed by atoms with Crippen LogP contribution < -0.4 is 14.9 Å². The maximum atomic E-state index is 13.5. The van der Waals surface area contributed by atoms with E-state index in [0.29, 0.717) is 0 Å². The summed E-state index contributed by atoms with van der Waals surface area (Å²) in [4.78, 5) is 13.5. The topological polar surface area (TPSA) is 29.5 Å². The molecule has 1 fully saturated rings. The summed E-state index contributed by atoms with van der Waals surface area (Å²) in [7, 11) is -3.08. The lowest BCUT2D eigenvalue weighted by atomic mass is 10.1. The van der Waals surface area contributed by atoms with Gasteiger partial charge in [0.25, 0.3) is 0 Å². The Balaban J connectivity index is 1.82. The Morgan fingerprint density at radius 1 is 0.600 bits per heavy atom. The summed E-state index contributed by atoms with van der Waals surface area (Å²) >= 11 is 0. The molecule has 3 nitrogen and oxygen atoms in total. The Bertz CT molecular complexity index is 1100. The summed E-state index contributed by atoms with van der Waals surface area (Å²) in [6.07, 6.45) is 0. The van der Waals surface area contributed by atoms with Crippen LogP contribution in [0.3, 0.4) is 0 Å². The standard InChI is InChI=1S/C26H21NO2Si/c28-26-25(21-13-5-1-6-14-21)27(22-15-7-2-8-16-22)30(29-26,23-17-9-3-10-18-23)24-19-11-4-12-20-24/h1-20,25H. The van der Waals surface area contributed by atoms with Gasteiger partial charge in [-0.1, -0.05) is 109 Å². The van der Waals surface area contributed by atoms with Crippen LogP contribution >= 0.6 is 0 Å². The fraction of sp³-hybridized carbons (Fsp3) is 0.0385. The first-order chi connectivity index (χ1) is 14.8. The van der Waals surface area contributed by atoms with E-state index in [1.54, 1.807) is 0 Å². The van der Waals surface area contributed by atoms with E-state index >= 15 is 0 Å². The third-order valence-corrected chi connectivity index (χ3v) is 9.47. The zero-order valence-corrected chi connectivity index (χ0v) is 17.4. The number of rotatable bonds is 4. The number of carbonyl (C=O) groups is 1. The Hall–Kier alpha value is -3.63. The van der Waals surface area contributed by atoms with Gasteiger partial charge < -0.3 is 8.99 Å². The number of benzene rings is 4. The lowest BCUT2D eigenvalue weighted by Gasteiger charge is -2.37. The van der Waals surface area contributed by atoms with Gasteiger partial charge in [-0.3, -0.25) is 4.79 Å². The normalized spacial score (nSPS) is 17.5.